The first-order valence-corrected chi connectivity index (χ1v) is 7.73. The highest BCUT2D eigenvalue weighted by molar-refractivity contribution is 5.94. The number of hydrogen-bond acceptors (Lipinski definition) is 3. The summed E-state index contributed by atoms with van der Waals surface area (Å²) in [6.45, 7) is 6.17. The van der Waals surface area contributed by atoms with Crippen LogP contribution in [0.25, 0.3) is 0 Å². The molecule has 8 heteroatoms. The predicted octanol–water partition coefficient (Wildman–Crippen LogP) is 1.59. The lowest BCUT2D eigenvalue weighted by molar-refractivity contribution is 0.0578. The summed E-state index contributed by atoms with van der Waals surface area (Å²) in [5.74, 6) is -0.167. The fourth-order valence-electron chi connectivity index (χ4n) is 2.45. The van der Waals surface area contributed by atoms with E-state index in [0.29, 0.717) is 12.2 Å². The van der Waals surface area contributed by atoms with Crippen LogP contribution in [0.1, 0.15) is 32.8 Å². The van der Waals surface area contributed by atoms with Gasteiger partial charge in [-0.1, -0.05) is 0 Å². The average Bonchev–Trinajstić information content (AvgIpc) is 2.43. The minimum atomic E-state index is -0.534. The number of nitrogens with zero attached hydrogens (tertiary/aromatic N) is 3. The van der Waals surface area contributed by atoms with Gasteiger partial charge in [-0.15, -0.1) is 0 Å². The molecule has 1 aromatic carbocycles. The highest BCUT2D eigenvalue weighted by Gasteiger charge is 2.27. The van der Waals surface area contributed by atoms with Gasteiger partial charge in [-0.25, -0.2) is 9.79 Å². The van der Waals surface area contributed by atoms with Crippen molar-refractivity contribution < 1.29 is 9.53 Å². The van der Waals surface area contributed by atoms with Crippen LogP contribution >= 0.6 is 0 Å². The number of carbonyl (C=O) groups is 1. The first-order chi connectivity index (χ1) is 11.2. The number of rotatable bonds is 1. The van der Waals surface area contributed by atoms with Gasteiger partial charge in [0.05, 0.1) is 11.4 Å². The Morgan fingerprint density at radius 2 is 1.96 bits per heavy atom. The summed E-state index contributed by atoms with van der Waals surface area (Å²) >= 11 is 0. The number of fused-ring (bicyclic) bond motifs is 1. The molecule has 0 radical (unpaired) electrons. The molecule has 130 valence electrons. The zero-order valence-corrected chi connectivity index (χ0v) is 14.2. The highest BCUT2D eigenvalue weighted by Crippen LogP contribution is 2.31. The van der Waals surface area contributed by atoms with E-state index < -0.39 is 5.60 Å². The van der Waals surface area contributed by atoms with E-state index in [4.69, 9.17) is 21.9 Å². The van der Waals surface area contributed by atoms with Gasteiger partial charge in [0.2, 0.25) is 5.96 Å². The molecule has 0 fully saturated rings. The fraction of sp³-hybridized carbons (Fsp3) is 0.438. The number of guanidine groups is 2. The number of ether oxygens (including phenoxy) is 1. The molecule has 6 N–H and O–H groups in total. The molecule has 0 unspecified atom stereocenters. The Balaban J connectivity index is 2.27. The van der Waals surface area contributed by atoms with Gasteiger partial charge in [0, 0.05) is 6.54 Å². The van der Waals surface area contributed by atoms with Gasteiger partial charge in [-0.05, 0) is 57.4 Å². The molecule has 1 aromatic rings. The normalized spacial score (nSPS) is 14.8. The SMILES string of the molecule is CC(C)(C)OC(=O)N1CCCc2cc(N=C(N)N=C(N)N)ccc21. The second-order valence-corrected chi connectivity index (χ2v) is 6.56. The first-order valence-electron chi connectivity index (χ1n) is 7.73. The van der Waals surface area contributed by atoms with E-state index in [9.17, 15) is 4.79 Å². The van der Waals surface area contributed by atoms with E-state index in [1.807, 2.05) is 32.9 Å². The number of nitrogens with two attached hydrogens (primary N) is 3. The Hall–Kier alpha value is -2.77. The lowest BCUT2D eigenvalue weighted by Crippen LogP contribution is -2.39. The van der Waals surface area contributed by atoms with Crippen LogP contribution in [0.4, 0.5) is 16.2 Å². The zero-order valence-electron chi connectivity index (χ0n) is 14.2. The van der Waals surface area contributed by atoms with Crippen LogP contribution in [0.15, 0.2) is 28.2 Å². The van der Waals surface area contributed by atoms with E-state index in [2.05, 4.69) is 9.98 Å². The monoisotopic (exact) mass is 332 g/mol. The fourth-order valence-corrected chi connectivity index (χ4v) is 2.45. The third-order valence-electron chi connectivity index (χ3n) is 3.28. The Morgan fingerprint density at radius 1 is 1.25 bits per heavy atom. The predicted molar refractivity (Wildman–Crippen MR) is 95.4 cm³/mol. The molecule has 0 saturated heterocycles. The van der Waals surface area contributed by atoms with Crippen molar-refractivity contribution in [2.45, 2.75) is 39.2 Å². The number of hydrogen-bond donors (Lipinski definition) is 3. The molecule has 8 nitrogen and oxygen atoms in total. The smallest absolute Gasteiger partial charge is 0.414 e. The summed E-state index contributed by atoms with van der Waals surface area (Å²) in [5, 5.41) is 0. The minimum absolute atomic E-state index is 0.0187. The van der Waals surface area contributed by atoms with Gasteiger partial charge < -0.3 is 21.9 Å². The second-order valence-electron chi connectivity index (χ2n) is 6.56. The lowest BCUT2D eigenvalue weighted by atomic mass is 10.0. The van der Waals surface area contributed by atoms with Gasteiger partial charge in [0.1, 0.15) is 5.60 Å². The van der Waals surface area contributed by atoms with Gasteiger partial charge in [0.25, 0.3) is 0 Å². The quantitative estimate of drug-likeness (QED) is 0.530. The average molecular weight is 332 g/mol. The van der Waals surface area contributed by atoms with Crippen LogP contribution in [0.2, 0.25) is 0 Å². The number of carbonyl (C=O) groups excluding carboxylic acids is 1. The number of aliphatic imine (C=N–C) groups is 2. The molecule has 1 aliphatic rings. The molecule has 1 aliphatic heterocycles. The Labute approximate surface area is 141 Å². The number of amides is 1. The van der Waals surface area contributed by atoms with Gasteiger partial charge in [-0.3, -0.25) is 4.90 Å². The Morgan fingerprint density at radius 3 is 2.58 bits per heavy atom. The molecule has 24 heavy (non-hydrogen) atoms. The van der Waals surface area contributed by atoms with Crippen LogP contribution in [-0.4, -0.2) is 30.2 Å². The maximum atomic E-state index is 12.4. The minimum Gasteiger partial charge on any atom is -0.443 e. The van der Waals surface area contributed by atoms with Crippen molar-refractivity contribution in [2.75, 3.05) is 11.4 Å². The number of anilines is 1. The van der Waals surface area contributed by atoms with Crippen molar-refractivity contribution in [3.63, 3.8) is 0 Å². The third-order valence-corrected chi connectivity index (χ3v) is 3.28. The summed E-state index contributed by atoms with van der Waals surface area (Å²) in [5.41, 5.74) is 18.1. The molecule has 0 aromatic heterocycles. The van der Waals surface area contributed by atoms with Crippen molar-refractivity contribution in [2.24, 2.45) is 27.2 Å². The standard InChI is InChI=1S/C16H24N6O2/c1-16(2,3)24-15(23)22-8-4-5-10-9-11(6-7-12(10)22)20-14(19)21-13(17)18/h6-7,9H,4-5,8H2,1-3H3,(H6,17,18,19,20,21). The Bertz CT molecular complexity index is 686. The first kappa shape index (κ1) is 17.6. The van der Waals surface area contributed by atoms with Crippen molar-refractivity contribution in [3.05, 3.63) is 23.8 Å². The summed E-state index contributed by atoms with van der Waals surface area (Å²) < 4.78 is 5.47. The van der Waals surface area contributed by atoms with Gasteiger partial charge >= 0.3 is 6.09 Å². The summed E-state index contributed by atoms with van der Waals surface area (Å²) in [6, 6.07) is 5.47. The van der Waals surface area contributed by atoms with Crippen molar-refractivity contribution in [1.29, 1.82) is 0 Å². The molecule has 0 aliphatic carbocycles. The third kappa shape index (κ3) is 4.61. The van der Waals surface area contributed by atoms with Crippen molar-refractivity contribution >= 4 is 29.4 Å². The van der Waals surface area contributed by atoms with Gasteiger partial charge in [0.15, 0.2) is 5.96 Å². The van der Waals surface area contributed by atoms with E-state index in [-0.39, 0.29) is 18.0 Å². The van der Waals surface area contributed by atoms with Crippen molar-refractivity contribution in [3.8, 4) is 0 Å². The van der Waals surface area contributed by atoms with E-state index in [0.717, 1.165) is 24.1 Å². The van der Waals surface area contributed by atoms with Crippen LogP contribution in [0.5, 0.6) is 0 Å². The molecule has 2 rings (SSSR count). The lowest BCUT2D eigenvalue weighted by Gasteiger charge is -2.31. The molecule has 0 saturated carbocycles. The van der Waals surface area contributed by atoms with Crippen LogP contribution < -0.4 is 22.1 Å². The number of aryl methyl sites for hydroxylation is 1. The summed E-state index contributed by atoms with van der Waals surface area (Å²) in [4.78, 5) is 21.9. The maximum absolute atomic E-state index is 12.4. The molecule has 0 atom stereocenters. The molecule has 0 spiro atoms. The highest BCUT2D eigenvalue weighted by atomic mass is 16.6. The molecule has 1 amide bonds. The maximum Gasteiger partial charge on any atom is 0.414 e. The topological polar surface area (TPSA) is 132 Å². The molecule has 1 heterocycles. The van der Waals surface area contributed by atoms with E-state index in [1.54, 1.807) is 11.0 Å². The van der Waals surface area contributed by atoms with Crippen molar-refractivity contribution in [1.82, 2.24) is 0 Å². The van der Waals surface area contributed by atoms with E-state index >= 15 is 0 Å². The number of benzene rings is 1. The van der Waals surface area contributed by atoms with E-state index in [1.165, 1.54) is 0 Å². The van der Waals surface area contributed by atoms with Crippen LogP contribution in [0, 0.1) is 0 Å². The molecule has 0 bridgehead atoms. The molecular formula is C16H24N6O2. The van der Waals surface area contributed by atoms with Crippen LogP contribution in [0.3, 0.4) is 0 Å². The zero-order chi connectivity index (χ0) is 17.9. The largest absolute Gasteiger partial charge is 0.443 e. The summed E-state index contributed by atoms with van der Waals surface area (Å²) in [6.07, 6.45) is 1.35. The Kier molecular flexibility index (Phi) is 4.96. The van der Waals surface area contributed by atoms with Gasteiger partial charge in [-0.2, -0.15) is 4.99 Å². The second kappa shape index (κ2) is 6.77. The summed E-state index contributed by atoms with van der Waals surface area (Å²) in [7, 11) is 0. The molecular weight excluding hydrogens is 308 g/mol. The van der Waals surface area contributed by atoms with Crippen LogP contribution in [-0.2, 0) is 11.2 Å².